The maximum Gasteiger partial charge on any atom is 0.224 e. The maximum atomic E-state index is 12.5. The summed E-state index contributed by atoms with van der Waals surface area (Å²) in [7, 11) is -3.13. The van der Waals surface area contributed by atoms with E-state index in [2.05, 4.69) is 5.32 Å². The highest BCUT2D eigenvalue weighted by atomic mass is 32.2. The first-order chi connectivity index (χ1) is 11.0. The van der Waals surface area contributed by atoms with Crippen molar-refractivity contribution in [2.24, 2.45) is 5.73 Å². The molecule has 2 rings (SSSR count). The first kappa shape index (κ1) is 17.9. The molecule has 5 nitrogen and oxygen atoms in total. The number of carbonyl (C=O) groups is 1. The number of nitrogens with two attached hydrogens (primary N) is 1. The molecule has 1 aliphatic carbocycles. The largest absolute Gasteiger partial charge is 0.330 e. The Labute approximate surface area is 138 Å². The van der Waals surface area contributed by atoms with E-state index in [9.17, 15) is 13.2 Å². The second-order valence-corrected chi connectivity index (χ2v) is 8.49. The molecule has 128 valence electrons. The number of rotatable bonds is 7. The highest BCUT2D eigenvalue weighted by Crippen LogP contribution is 2.26. The fourth-order valence-corrected chi connectivity index (χ4v) is 4.93. The molecule has 1 amide bonds. The topological polar surface area (TPSA) is 89.3 Å². The summed E-state index contributed by atoms with van der Waals surface area (Å²) >= 11 is 0. The summed E-state index contributed by atoms with van der Waals surface area (Å²) in [6.07, 6.45) is 5.71. The van der Waals surface area contributed by atoms with Gasteiger partial charge in [-0.25, -0.2) is 8.42 Å². The molecule has 1 saturated carbocycles. The summed E-state index contributed by atoms with van der Waals surface area (Å²) in [4.78, 5) is 11.7. The standard InChI is InChI=1S/C17H26N2O3S/c18-11-5-10-17(20)19-15-7-4-6-14(12-15)13-23(21,22)16-8-2-1-3-9-16/h4,6-7,12,16H,1-3,5,8-11,13,18H2,(H,19,20). The number of sulfone groups is 1. The van der Waals surface area contributed by atoms with Gasteiger partial charge in [-0.3, -0.25) is 4.79 Å². The monoisotopic (exact) mass is 338 g/mol. The number of nitrogens with one attached hydrogen (secondary N) is 1. The van der Waals surface area contributed by atoms with Gasteiger partial charge in [0, 0.05) is 12.1 Å². The maximum absolute atomic E-state index is 12.5. The summed E-state index contributed by atoms with van der Waals surface area (Å²) in [6.45, 7) is 0.479. The first-order valence-corrected chi connectivity index (χ1v) is 10.0. The molecule has 0 unspecified atom stereocenters. The van der Waals surface area contributed by atoms with Crippen molar-refractivity contribution in [2.75, 3.05) is 11.9 Å². The Morgan fingerprint density at radius 1 is 1.22 bits per heavy atom. The van der Waals surface area contributed by atoms with Crippen LogP contribution in [0.4, 0.5) is 5.69 Å². The molecule has 1 aromatic carbocycles. The Kier molecular flexibility index (Phi) is 6.59. The van der Waals surface area contributed by atoms with Crippen LogP contribution in [-0.2, 0) is 20.4 Å². The van der Waals surface area contributed by atoms with Crippen molar-refractivity contribution < 1.29 is 13.2 Å². The van der Waals surface area contributed by atoms with Crippen LogP contribution in [0.2, 0.25) is 0 Å². The molecule has 3 N–H and O–H groups in total. The number of benzene rings is 1. The van der Waals surface area contributed by atoms with Crippen molar-refractivity contribution in [3.63, 3.8) is 0 Å². The van der Waals surface area contributed by atoms with Gasteiger partial charge in [-0.05, 0) is 43.5 Å². The Balaban J connectivity index is 2.00. The van der Waals surface area contributed by atoms with Crippen molar-refractivity contribution in [3.05, 3.63) is 29.8 Å². The van der Waals surface area contributed by atoms with Crippen LogP contribution in [0.15, 0.2) is 24.3 Å². The fraction of sp³-hybridized carbons (Fsp3) is 0.588. The van der Waals surface area contributed by atoms with E-state index in [1.807, 2.05) is 0 Å². The average molecular weight is 338 g/mol. The van der Waals surface area contributed by atoms with Crippen molar-refractivity contribution in [2.45, 2.75) is 55.9 Å². The normalized spacial score (nSPS) is 16.2. The van der Waals surface area contributed by atoms with Gasteiger partial charge in [0.2, 0.25) is 5.91 Å². The van der Waals surface area contributed by atoms with Gasteiger partial charge >= 0.3 is 0 Å². The SMILES string of the molecule is NCCCC(=O)Nc1cccc(CS(=O)(=O)C2CCCCC2)c1. The molecule has 0 aromatic heterocycles. The lowest BCUT2D eigenvalue weighted by atomic mass is 10.0. The molecule has 1 fully saturated rings. The van der Waals surface area contributed by atoms with E-state index in [4.69, 9.17) is 5.73 Å². The van der Waals surface area contributed by atoms with Gasteiger partial charge in [-0.15, -0.1) is 0 Å². The molecule has 0 atom stereocenters. The minimum atomic E-state index is -3.13. The molecule has 23 heavy (non-hydrogen) atoms. The number of anilines is 1. The average Bonchev–Trinajstić information content (AvgIpc) is 2.53. The number of carbonyl (C=O) groups excluding carboxylic acids is 1. The minimum Gasteiger partial charge on any atom is -0.330 e. The van der Waals surface area contributed by atoms with E-state index >= 15 is 0 Å². The zero-order chi connectivity index (χ0) is 16.7. The molecule has 0 radical (unpaired) electrons. The predicted molar refractivity (Wildman–Crippen MR) is 92.9 cm³/mol. The highest BCUT2D eigenvalue weighted by Gasteiger charge is 2.27. The van der Waals surface area contributed by atoms with Gasteiger partial charge in [0.25, 0.3) is 0 Å². The summed E-state index contributed by atoms with van der Waals surface area (Å²) in [5, 5.41) is 2.58. The third-order valence-electron chi connectivity index (χ3n) is 4.25. The summed E-state index contributed by atoms with van der Waals surface area (Å²) in [6, 6.07) is 7.11. The quantitative estimate of drug-likeness (QED) is 0.800. The third-order valence-corrected chi connectivity index (χ3v) is 6.47. The van der Waals surface area contributed by atoms with Crippen molar-refractivity contribution in [1.29, 1.82) is 0 Å². The second kappa shape index (κ2) is 8.45. The molecule has 0 saturated heterocycles. The van der Waals surface area contributed by atoms with Crippen LogP contribution in [0.1, 0.15) is 50.5 Å². The zero-order valence-electron chi connectivity index (χ0n) is 13.5. The van der Waals surface area contributed by atoms with Gasteiger partial charge in [0.1, 0.15) is 0 Å². The lowest BCUT2D eigenvalue weighted by Gasteiger charge is -2.21. The van der Waals surface area contributed by atoms with Crippen LogP contribution < -0.4 is 11.1 Å². The highest BCUT2D eigenvalue weighted by molar-refractivity contribution is 7.91. The first-order valence-electron chi connectivity index (χ1n) is 8.32. The lowest BCUT2D eigenvalue weighted by molar-refractivity contribution is -0.116. The van der Waals surface area contributed by atoms with Gasteiger partial charge < -0.3 is 11.1 Å². The van der Waals surface area contributed by atoms with E-state index in [0.717, 1.165) is 37.7 Å². The van der Waals surface area contributed by atoms with Gasteiger partial charge in [0.15, 0.2) is 9.84 Å². The van der Waals surface area contributed by atoms with Crippen LogP contribution in [-0.4, -0.2) is 26.1 Å². The molecule has 0 aliphatic heterocycles. The second-order valence-electron chi connectivity index (χ2n) is 6.21. The molecule has 6 heteroatoms. The molecule has 1 aromatic rings. The van der Waals surface area contributed by atoms with Gasteiger partial charge in [-0.2, -0.15) is 0 Å². The van der Waals surface area contributed by atoms with E-state index in [-0.39, 0.29) is 16.9 Å². The van der Waals surface area contributed by atoms with Crippen molar-refractivity contribution >= 4 is 21.4 Å². The third kappa shape index (κ3) is 5.62. The Morgan fingerprint density at radius 2 is 1.96 bits per heavy atom. The lowest BCUT2D eigenvalue weighted by Crippen LogP contribution is -2.25. The van der Waals surface area contributed by atoms with Gasteiger partial charge in [0.05, 0.1) is 11.0 Å². The predicted octanol–water partition coefficient (Wildman–Crippen LogP) is 2.61. The van der Waals surface area contributed by atoms with Crippen molar-refractivity contribution in [1.82, 2.24) is 0 Å². The molecular weight excluding hydrogens is 312 g/mol. The Morgan fingerprint density at radius 3 is 2.65 bits per heavy atom. The van der Waals surface area contributed by atoms with Crippen LogP contribution >= 0.6 is 0 Å². The molecule has 1 aliphatic rings. The van der Waals surface area contributed by atoms with Crippen LogP contribution in [0, 0.1) is 0 Å². The van der Waals surface area contributed by atoms with Crippen LogP contribution in [0.3, 0.4) is 0 Å². The molecular formula is C17H26N2O3S. The smallest absolute Gasteiger partial charge is 0.224 e. The summed E-state index contributed by atoms with van der Waals surface area (Å²) in [5.41, 5.74) is 6.76. The number of hydrogen-bond donors (Lipinski definition) is 2. The number of hydrogen-bond acceptors (Lipinski definition) is 4. The summed E-state index contributed by atoms with van der Waals surface area (Å²) < 4.78 is 25.1. The number of amides is 1. The van der Waals surface area contributed by atoms with Crippen molar-refractivity contribution in [3.8, 4) is 0 Å². The Bertz CT molecular complexity index is 622. The molecule has 0 bridgehead atoms. The zero-order valence-corrected chi connectivity index (χ0v) is 14.3. The van der Waals surface area contributed by atoms with E-state index < -0.39 is 9.84 Å². The molecule has 0 spiro atoms. The fourth-order valence-electron chi connectivity index (χ4n) is 3.00. The Hall–Kier alpha value is -1.40. The van der Waals surface area contributed by atoms with E-state index in [0.29, 0.717) is 25.1 Å². The van der Waals surface area contributed by atoms with Crippen LogP contribution in [0.25, 0.3) is 0 Å². The van der Waals surface area contributed by atoms with E-state index in [1.165, 1.54) is 0 Å². The van der Waals surface area contributed by atoms with E-state index in [1.54, 1.807) is 24.3 Å². The minimum absolute atomic E-state index is 0.0458. The summed E-state index contributed by atoms with van der Waals surface area (Å²) in [5.74, 6) is -0.0489. The van der Waals surface area contributed by atoms with Crippen LogP contribution in [0.5, 0.6) is 0 Å². The molecule has 0 heterocycles. The van der Waals surface area contributed by atoms with Gasteiger partial charge in [-0.1, -0.05) is 31.4 Å².